The quantitative estimate of drug-likeness (QED) is 0.868. The van der Waals surface area contributed by atoms with Gasteiger partial charge < -0.3 is 9.84 Å². The molecule has 0 spiro atoms. The molecule has 0 amide bonds. The van der Waals surface area contributed by atoms with E-state index in [1.54, 1.807) is 24.3 Å². The molecule has 0 bridgehead atoms. The Hall–Kier alpha value is -1.86. The minimum absolute atomic E-state index is 0.0567. The molecular formula is C11H13N3O3S. The molecule has 0 saturated heterocycles. The molecule has 3 N–H and O–H groups in total. The van der Waals surface area contributed by atoms with Gasteiger partial charge in [-0.05, 0) is 19.1 Å². The molecule has 18 heavy (non-hydrogen) atoms. The number of hydrogen-bond acceptors (Lipinski definition) is 5. The van der Waals surface area contributed by atoms with Crippen LogP contribution in [0, 0.1) is 6.92 Å². The molecule has 7 heteroatoms. The number of nitrogens with zero attached hydrogens (tertiary/aromatic N) is 1. The first-order valence-electron chi connectivity index (χ1n) is 5.25. The van der Waals surface area contributed by atoms with Crippen LogP contribution in [0.1, 0.15) is 11.5 Å². The van der Waals surface area contributed by atoms with E-state index in [-0.39, 0.29) is 4.90 Å². The molecular weight excluding hydrogens is 254 g/mol. The molecule has 1 aromatic carbocycles. The van der Waals surface area contributed by atoms with E-state index in [9.17, 15) is 8.42 Å². The Labute approximate surface area is 105 Å². The van der Waals surface area contributed by atoms with Crippen molar-refractivity contribution in [3.8, 4) is 0 Å². The third-order valence-corrected chi connectivity index (χ3v) is 3.29. The maximum Gasteiger partial charge on any atom is 0.240 e. The Morgan fingerprint density at radius 1 is 1.39 bits per heavy atom. The smallest absolute Gasteiger partial charge is 0.240 e. The lowest BCUT2D eigenvalue weighted by Gasteiger charge is -2.08. The largest absolute Gasteiger partial charge is 0.377 e. The molecule has 0 fully saturated rings. The molecule has 1 heterocycles. The molecule has 2 aromatic rings. The van der Waals surface area contributed by atoms with Gasteiger partial charge in [0.05, 0.1) is 17.9 Å². The number of aryl methyl sites for hydroxylation is 1. The lowest BCUT2D eigenvalue weighted by molar-refractivity contribution is 0.384. The number of anilines is 1. The number of nitrogens with two attached hydrogens (primary N) is 1. The number of nitrogens with one attached hydrogen (secondary N) is 1. The summed E-state index contributed by atoms with van der Waals surface area (Å²) in [5, 5.41) is 11.8. The number of para-hydroxylation sites is 1. The summed E-state index contributed by atoms with van der Waals surface area (Å²) in [5.74, 6) is 0.622. The third-order valence-electron chi connectivity index (χ3n) is 2.32. The molecule has 0 aliphatic rings. The van der Waals surface area contributed by atoms with Crippen LogP contribution in [-0.4, -0.2) is 13.6 Å². The van der Waals surface area contributed by atoms with E-state index >= 15 is 0 Å². The SMILES string of the molecule is Cc1cc(CNc2ccccc2S(N)(=O)=O)on1. The average molecular weight is 267 g/mol. The van der Waals surface area contributed by atoms with E-state index in [1.807, 2.05) is 6.92 Å². The van der Waals surface area contributed by atoms with E-state index < -0.39 is 10.0 Å². The highest BCUT2D eigenvalue weighted by molar-refractivity contribution is 7.89. The first kappa shape index (κ1) is 12.6. The Kier molecular flexibility index (Phi) is 3.35. The van der Waals surface area contributed by atoms with Crippen molar-refractivity contribution in [3.63, 3.8) is 0 Å². The first-order valence-corrected chi connectivity index (χ1v) is 6.79. The van der Waals surface area contributed by atoms with Crippen molar-refractivity contribution in [2.45, 2.75) is 18.4 Å². The highest BCUT2D eigenvalue weighted by Gasteiger charge is 2.13. The van der Waals surface area contributed by atoms with Crippen molar-refractivity contribution < 1.29 is 12.9 Å². The second kappa shape index (κ2) is 4.79. The average Bonchev–Trinajstić information content (AvgIpc) is 2.72. The number of sulfonamides is 1. The molecule has 96 valence electrons. The van der Waals surface area contributed by atoms with Crippen molar-refractivity contribution in [1.29, 1.82) is 0 Å². The van der Waals surface area contributed by atoms with Gasteiger partial charge in [0.2, 0.25) is 10.0 Å². The van der Waals surface area contributed by atoms with Gasteiger partial charge in [-0.3, -0.25) is 0 Å². The van der Waals surface area contributed by atoms with Gasteiger partial charge in [-0.2, -0.15) is 0 Å². The zero-order chi connectivity index (χ0) is 13.2. The minimum atomic E-state index is -3.74. The summed E-state index contributed by atoms with van der Waals surface area (Å²) in [4.78, 5) is 0.0567. The monoisotopic (exact) mass is 267 g/mol. The lowest BCUT2D eigenvalue weighted by Crippen LogP contribution is -2.14. The predicted octanol–water partition coefficient (Wildman–Crippen LogP) is 1.24. The van der Waals surface area contributed by atoms with Crippen LogP contribution in [0.2, 0.25) is 0 Å². The Morgan fingerprint density at radius 2 is 2.11 bits per heavy atom. The van der Waals surface area contributed by atoms with Crippen LogP contribution >= 0.6 is 0 Å². The van der Waals surface area contributed by atoms with Gasteiger partial charge in [-0.1, -0.05) is 17.3 Å². The summed E-state index contributed by atoms with van der Waals surface area (Å²) in [6.07, 6.45) is 0. The summed E-state index contributed by atoms with van der Waals surface area (Å²) in [7, 11) is -3.74. The van der Waals surface area contributed by atoms with Crippen molar-refractivity contribution in [2.75, 3.05) is 5.32 Å². The third kappa shape index (κ3) is 2.88. The number of primary sulfonamides is 1. The van der Waals surface area contributed by atoms with Gasteiger partial charge in [-0.25, -0.2) is 13.6 Å². The van der Waals surface area contributed by atoms with E-state index in [0.717, 1.165) is 5.69 Å². The van der Waals surface area contributed by atoms with Gasteiger partial charge in [0.25, 0.3) is 0 Å². The van der Waals surface area contributed by atoms with Gasteiger partial charge >= 0.3 is 0 Å². The normalized spacial score (nSPS) is 11.4. The summed E-state index contributed by atoms with van der Waals surface area (Å²) >= 11 is 0. The molecule has 2 rings (SSSR count). The summed E-state index contributed by atoms with van der Waals surface area (Å²) in [6.45, 7) is 2.15. The van der Waals surface area contributed by atoms with Crippen LogP contribution in [-0.2, 0) is 16.6 Å². The van der Waals surface area contributed by atoms with Crippen LogP contribution in [0.4, 0.5) is 5.69 Å². The van der Waals surface area contributed by atoms with Crippen LogP contribution in [0.3, 0.4) is 0 Å². The second-order valence-electron chi connectivity index (χ2n) is 3.83. The zero-order valence-electron chi connectivity index (χ0n) is 9.75. The Bertz CT molecular complexity index is 649. The highest BCUT2D eigenvalue weighted by atomic mass is 32.2. The van der Waals surface area contributed by atoms with E-state index in [0.29, 0.717) is 18.0 Å². The molecule has 0 aliphatic heterocycles. The van der Waals surface area contributed by atoms with Gasteiger partial charge in [0.15, 0.2) is 5.76 Å². The molecule has 0 saturated carbocycles. The zero-order valence-corrected chi connectivity index (χ0v) is 10.6. The molecule has 0 radical (unpaired) electrons. The standard InChI is InChI=1S/C11H13N3O3S/c1-8-6-9(17-14-8)7-13-10-4-2-3-5-11(10)18(12,15)16/h2-6,13H,7H2,1H3,(H2,12,15,16). The lowest BCUT2D eigenvalue weighted by atomic mass is 10.3. The van der Waals surface area contributed by atoms with Crippen molar-refractivity contribution >= 4 is 15.7 Å². The fourth-order valence-corrected chi connectivity index (χ4v) is 2.26. The fourth-order valence-electron chi connectivity index (χ4n) is 1.54. The highest BCUT2D eigenvalue weighted by Crippen LogP contribution is 2.20. The molecule has 0 atom stereocenters. The predicted molar refractivity (Wildman–Crippen MR) is 66.4 cm³/mol. The number of hydrogen-bond donors (Lipinski definition) is 2. The number of rotatable bonds is 4. The van der Waals surface area contributed by atoms with Gasteiger partial charge in [0.1, 0.15) is 4.90 Å². The van der Waals surface area contributed by atoms with Gasteiger partial charge in [0, 0.05) is 6.07 Å². The Morgan fingerprint density at radius 3 is 2.72 bits per heavy atom. The van der Waals surface area contributed by atoms with Crippen molar-refractivity contribution in [1.82, 2.24) is 5.16 Å². The van der Waals surface area contributed by atoms with Crippen LogP contribution in [0.15, 0.2) is 39.8 Å². The van der Waals surface area contributed by atoms with Crippen molar-refractivity contribution in [2.24, 2.45) is 5.14 Å². The van der Waals surface area contributed by atoms with Crippen LogP contribution < -0.4 is 10.5 Å². The van der Waals surface area contributed by atoms with Crippen LogP contribution in [0.5, 0.6) is 0 Å². The molecule has 0 unspecified atom stereocenters. The van der Waals surface area contributed by atoms with Gasteiger partial charge in [-0.15, -0.1) is 0 Å². The summed E-state index contributed by atoms with van der Waals surface area (Å²) in [6, 6.07) is 8.20. The van der Waals surface area contributed by atoms with E-state index in [1.165, 1.54) is 6.07 Å². The fraction of sp³-hybridized carbons (Fsp3) is 0.182. The topological polar surface area (TPSA) is 98.2 Å². The van der Waals surface area contributed by atoms with Crippen LogP contribution in [0.25, 0.3) is 0 Å². The first-order chi connectivity index (χ1) is 8.47. The van der Waals surface area contributed by atoms with E-state index in [4.69, 9.17) is 9.66 Å². The molecule has 6 nitrogen and oxygen atoms in total. The second-order valence-corrected chi connectivity index (χ2v) is 5.36. The number of aromatic nitrogens is 1. The molecule has 0 aliphatic carbocycles. The summed E-state index contributed by atoms with van der Waals surface area (Å²) < 4.78 is 27.8. The van der Waals surface area contributed by atoms with Crippen molar-refractivity contribution in [3.05, 3.63) is 41.8 Å². The maximum absolute atomic E-state index is 11.4. The minimum Gasteiger partial charge on any atom is -0.377 e. The number of benzene rings is 1. The maximum atomic E-state index is 11.4. The Balaban J connectivity index is 2.20. The molecule has 1 aromatic heterocycles. The van der Waals surface area contributed by atoms with E-state index in [2.05, 4.69) is 10.5 Å². The summed E-state index contributed by atoms with van der Waals surface area (Å²) in [5.41, 5.74) is 1.21.